The van der Waals surface area contributed by atoms with Crippen molar-refractivity contribution < 1.29 is 24.2 Å². The molecule has 3 aliphatic heterocycles. The van der Waals surface area contributed by atoms with Gasteiger partial charge in [-0.3, -0.25) is 14.4 Å². The van der Waals surface area contributed by atoms with Gasteiger partial charge in [-0.2, -0.15) is 0 Å². The number of likely N-dealkylation sites (tertiary alicyclic amines) is 1. The summed E-state index contributed by atoms with van der Waals surface area (Å²) >= 11 is 1.65. The molecule has 3 fully saturated rings. The lowest BCUT2D eigenvalue weighted by atomic mass is 9.66. The Hall–Kier alpha value is -1.28. The van der Waals surface area contributed by atoms with Gasteiger partial charge in [-0.1, -0.05) is 26.7 Å². The molecule has 0 radical (unpaired) electrons. The number of thioether (sulfide) groups is 1. The van der Waals surface area contributed by atoms with Crippen LogP contribution in [0.5, 0.6) is 0 Å². The topological polar surface area (TPSA) is 95.9 Å². The quantitative estimate of drug-likeness (QED) is 0.407. The van der Waals surface area contributed by atoms with Crippen molar-refractivity contribution in [3.05, 3.63) is 0 Å². The molecule has 1 spiro atoms. The molecule has 29 heavy (non-hydrogen) atoms. The predicted molar refractivity (Wildman–Crippen MR) is 111 cm³/mol. The maximum absolute atomic E-state index is 13.5. The minimum absolute atomic E-state index is 0.0217. The molecule has 7 nitrogen and oxygen atoms in total. The molecule has 3 unspecified atom stereocenters. The Labute approximate surface area is 177 Å². The summed E-state index contributed by atoms with van der Waals surface area (Å²) in [4.78, 5) is 41.1. The van der Waals surface area contributed by atoms with E-state index in [-0.39, 0.29) is 42.2 Å². The smallest absolute Gasteiger partial charge is 0.310 e. The number of hydrogen-bond donors (Lipinski definition) is 2. The second-order valence-electron chi connectivity index (χ2n) is 8.41. The number of esters is 1. The highest BCUT2D eigenvalue weighted by Gasteiger charge is 2.76. The van der Waals surface area contributed by atoms with Crippen molar-refractivity contribution in [3.63, 3.8) is 0 Å². The number of amides is 2. The van der Waals surface area contributed by atoms with Gasteiger partial charge in [0.15, 0.2) is 0 Å². The van der Waals surface area contributed by atoms with Crippen LogP contribution in [0.15, 0.2) is 0 Å². The lowest BCUT2D eigenvalue weighted by molar-refractivity contribution is -0.154. The Kier molecular flexibility index (Phi) is 7.14. The molecule has 3 rings (SSSR count). The lowest BCUT2D eigenvalue weighted by Crippen LogP contribution is -2.56. The lowest BCUT2D eigenvalue weighted by Gasteiger charge is -2.38. The summed E-state index contributed by atoms with van der Waals surface area (Å²) in [5, 5.41) is 12.4. The zero-order valence-corrected chi connectivity index (χ0v) is 18.5. The van der Waals surface area contributed by atoms with E-state index in [2.05, 4.69) is 19.2 Å². The molecule has 2 N–H and O–H groups in total. The first-order valence-electron chi connectivity index (χ1n) is 11.0. The number of rotatable bonds is 10. The van der Waals surface area contributed by atoms with E-state index in [0.717, 1.165) is 25.7 Å². The van der Waals surface area contributed by atoms with Gasteiger partial charge in [-0.25, -0.2) is 0 Å². The van der Waals surface area contributed by atoms with Gasteiger partial charge in [0.25, 0.3) is 0 Å². The Morgan fingerprint density at radius 2 is 2.07 bits per heavy atom. The van der Waals surface area contributed by atoms with Gasteiger partial charge in [0.1, 0.15) is 6.04 Å². The average Bonchev–Trinajstić information content (AvgIpc) is 3.27. The fourth-order valence-corrected chi connectivity index (χ4v) is 7.90. The minimum atomic E-state index is -0.599. The monoisotopic (exact) mass is 426 g/mol. The predicted octanol–water partition coefficient (Wildman–Crippen LogP) is 1.58. The van der Waals surface area contributed by atoms with Crippen LogP contribution in [-0.2, 0) is 19.1 Å². The summed E-state index contributed by atoms with van der Waals surface area (Å²) in [6, 6.07) is -0.599. The molecule has 164 valence electrons. The number of aliphatic hydroxyl groups is 1. The van der Waals surface area contributed by atoms with Gasteiger partial charge in [-0.15, -0.1) is 11.8 Å². The van der Waals surface area contributed by atoms with E-state index in [1.807, 2.05) is 0 Å². The highest BCUT2D eigenvalue weighted by molar-refractivity contribution is 8.02. The molecule has 0 aromatic rings. The van der Waals surface area contributed by atoms with Crippen molar-refractivity contribution in [2.75, 3.05) is 26.3 Å². The molecule has 0 aromatic carbocycles. The van der Waals surface area contributed by atoms with Crippen LogP contribution >= 0.6 is 11.8 Å². The summed E-state index contributed by atoms with van der Waals surface area (Å²) in [5.41, 5.74) is 0. The van der Waals surface area contributed by atoms with Crippen molar-refractivity contribution in [1.29, 1.82) is 0 Å². The maximum Gasteiger partial charge on any atom is 0.310 e. The fourth-order valence-electron chi connectivity index (χ4n) is 5.49. The molecule has 0 saturated carbocycles. The van der Waals surface area contributed by atoms with E-state index < -0.39 is 22.6 Å². The van der Waals surface area contributed by atoms with Crippen molar-refractivity contribution in [1.82, 2.24) is 10.2 Å². The number of ether oxygens (including phenoxy) is 1. The standard InChI is InChI=1S/C21H34N2O5S/c1-4-6-7-9-22-18(25)17-21-13(3)12-14(29-21)15(20(27)28-5-2)16(21)19(26)23(17)10-8-11-24/h13-17,24H,4-12H2,1-3H3,(H,22,25)/t13?,14-,15+,16-,17?,21?/m0/s1. The first-order chi connectivity index (χ1) is 13.9. The van der Waals surface area contributed by atoms with Crippen molar-refractivity contribution in [3.8, 4) is 0 Å². The molecule has 6 atom stereocenters. The van der Waals surface area contributed by atoms with E-state index >= 15 is 0 Å². The second kappa shape index (κ2) is 9.25. The number of carbonyl (C=O) groups excluding carboxylic acids is 3. The van der Waals surface area contributed by atoms with Crippen LogP contribution in [-0.4, -0.2) is 70.1 Å². The zero-order chi connectivity index (χ0) is 21.2. The van der Waals surface area contributed by atoms with Gasteiger partial charge < -0.3 is 20.1 Å². The van der Waals surface area contributed by atoms with Gasteiger partial charge in [-0.05, 0) is 32.1 Å². The molecule has 3 saturated heterocycles. The van der Waals surface area contributed by atoms with Gasteiger partial charge >= 0.3 is 5.97 Å². The normalized spacial score (nSPS) is 35.1. The van der Waals surface area contributed by atoms with Crippen molar-refractivity contribution in [2.45, 2.75) is 68.9 Å². The van der Waals surface area contributed by atoms with E-state index in [1.165, 1.54) is 0 Å². The summed E-state index contributed by atoms with van der Waals surface area (Å²) in [6.45, 7) is 7.14. The van der Waals surface area contributed by atoms with Crippen LogP contribution in [0.4, 0.5) is 0 Å². The summed E-state index contributed by atoms with van der Waals surface area (Å²) in [5.74, 6) is -1.43. The number of hydrogen-bond acceptors (Lipinski definition) is 6. The number of nitrogens with one attached hydrogen (secondary N) is 1. The van der Waals surface area contributed by atoms with E-state index in [4.69, 9.17) is 4.74 Å². The molecule has 0 aromatic heterocycles. The van der Waals surface area contributed by atoms with Crippen molar-refractivity contribution in [2.24, 2.45) is 17.8 Å². The minimum Gasteiger partial charge on any atom is -0.466 e. The molecular formula is C21H34N2O5S. The fraction of sp³-hybridized carbons (Fsp3) is 0.857. The largest absolute Gasteiger partial charge is 0.466 e. The summed E-state index contributed by atoms with van der Waals surface area (Å²) in [6.07, 6.45) is 4.26. The molecule has 0 aliphatic carbocycles. The average molecular weight is 427 g/mol. The molecule has 3 aliphatic rings. The number of aliphatic hydroxyl groups excluding tert-OH is 1. The summed E-state index contributed by atoms with van der Waals surface area (Å²) in [7, 11) is 0. The third kappa shape index (κ3) is 3.67. The summed E-state index contributed by atoms with van der Waals surface area (Å²) < 4.78 is 4.71. The molecule has 8 heteroatoms. The van der Waals surface area contributed by atoms with Crippen LogP contribution < -0.4 is 5.32 Å². The second-order valence-corrected chi connectivity index (χ2v) is 9.96. The van der Waals surface area contributed by atoms with Crippen LogP contribution in [0.1, 0.15) is 52.9 Å². The van der Waals surface area contributed by atoms with Crippen LogP contribution in [0, 0.1) is 17.8 Å². The van der Waals surface area contributed by atoms with Gasteiger partial charge in [0.2, 0.25) is 11.8 Å². The number of fused-ring (bicyclic) bond motifs is 1. The third-order valence-corrected chi connectivity index (χ3v) is 8.77. The van der Waals surface area contributed by atoms with E-state index in [0.29, 0.717) is 19.5 Å². The van der Waals surface area contributed by atoms with Crippen LogP contribution in [0.3, 0.4) is 0 Å². The Balaban J connectivity index is 1.91. The number of nitrogens with zero attached hydrogens (tertiary/aromatic N) is 1. The van der Waals surface area contributed by atoms with Crippen LogP contribution in [0.25, 0.3) is 0 Å². The van der Waals surface area contributed by atoms with E-state index in [9.17, 15) is 19.5 Å². The highest BCUT2D eigenvalue weighted by Crippen LogP contribution is 2.68. The first kappa shape index (κ1) is 22.4. The van der Waals surface area contributed by atoms with E-state index in [1.54, 1.807) is 23.6 Å². The Morgan fingerprint density at radius 1 is 1.31 bits per heavy atom. The maximum atomic E-state index is 13.5. The number of carbonyl (C=O) groups is 3. The first-order valence-corrected chi connectivity index (χ1v) is 11.8. The molecule has 3 heterocycles. The van der Waals surface area contributed by atoms with Gasteiger partial charge in [0.05, 0.1) is 23.2 Å². The molecule has 2 amide bonds. The molecular weight excluding hydrogens is 392 g/mol. The SMILES string of the molecule is CCCCCNC(=O)C1N(CCCO)C(=O)[C@@H]2[C@H](C(=O)OCC)[C@@H]3CC(C)C12S3. The third-order valence-electron chi connectivity index (χ3n) is 6.69. The Bertz CT molecular complexity index is 645. The van der Waals surface area contributed by atoms with Gasteiger partial charge in [0, 0.05) is 24.9 Å². The molecule has 2 bridgehead atoms. The highest BCUT2D eigenvalue weighted by atomic mass is 32.2. The van der Waals surface area contributed by atoms with Crippen LogP contribution in [0.2, 0.25) is 0 Å². The Morgan fingerprint density at radius 3 is 2.72 bits per heavy atom. The van der Waals surface area contributed by atoms with Crippen molar-refractivity contribution >= 4 is 29.5 Å². The number of unbranched alkanes of at least 4 members (excludes halogenated alkanes) is 2. The zero-order valence-electron chi connectivity index (χ0n) is 17.7.